The number of aromatic nitrogens is 3. The van der Waals surface area contributed by atoms with Crippen LogP contribution in [0, 0.1) is 0 Å². The normalized spacial score (nSPS) is 11.1. The Morgan fingerprint density at radius 3 is 2.50 bits per heavy atom. The number of carboxylic acids is 1. The Morgan fingerprint density at radius 2 is 1.80 bits per heavy atom. The van der Waals surface area contributed by atoms with E-state index in [1.54, 1.807) is 48.5 Å². The molecule has 0 saturated carbocycles. The Kier molecular flexibility index (Phi) is 4.88. The molecule has 30 heavy (non-hydrogen) atoms. The maximum atomic E-state index is 13.2. The zero-order valence-electron chi connectivity index (χ0n) is 15.4. The number of imidazole rings is 1. The van der Waals surface area contributed by atoms with E-state index in [1.165, 1.54) is 9.20 Å². The van der Waals surface area contributed by atoms with Crippen LogP contribution in [-0.2, 0) is 11.3 Å². The minimum absolute atomic E-state index is 0.00485. The number of amides is 1. The number of nitrogens with zero attached hydrogens (tertiary/aromatic N) is 3. The minimum Gasteiger partial charge on any atom is -0.504 e. The van der Waals surface area contributed by atoms with Crippen LogP contribution >= 0.6 is 11.6 Å². The van der Waals surface area contributed by atoms with Crippen LogP contribution in [0.2, 0.25) is 5.02 Å². The molecular formula is C20H15ClN4O5. The Labute approximate surface area is 173 Å². The average molecular weight is 427 g/mol. The van der Waals surface area contributed by atoms with Crippen LogP contribution in [0.15, 0.2) is 53.3 Å². The van der Waals surface area contributed by atoms with Gasteiger partial charge in [-0.2, -0.15) is 0 Å². The van der Waals surface area contributed by atoms with Gasteiger partial charge in [0, 0.05) is 5.02 Å². The van der Waals surface area contributed by atoms with Crippen molar-refractivity contribution in [2.75, 3.05) is 6.54 Å². The fourth-order valence-corrected chi connectivity index (χ4v) is 3.32. The summed E-state index contributed by atoms with van der Waals surface area (Å²) in [5.74, 6) is -2.90. The van der Waals surface area contributed by atoms with Crippen LogP contribution in [0.5, 0.6) is 5.75 Å². The van der Waals surface area contributed by atoms with Crippen molar-refractivity contribution < 1.29 is 19.8 Å². The third-order valence-corrected chi connectivity index (χ3v) is 4.80. The molecule has 152 valence electrons. The van der Waals surface area contributed by atoms with Crippen molar-refractivity contribution in [2.45, 2.75) is 6.54 Å². The number of para-hydroxylation sites is 2. The van der Waals surface area contributed by atoms with E-state index in [0.717, 1.165) is 5.56 Å². The molecule has 0 aliphatic carbocycles. The molecule has 0 aliphatic heterocycles. The summed E-state index contributed by atoms with van der Waals surface area (Å²) in [6, 6.07) is 13.8. The first-order valence-electron chi connectivity index (χ1n) is 8.84. The first-order chi connectivity index (χ1) is 14.4. The Bertz CT molecular complexity index is 1360. The number of hydrogen-bond acceptors (Lipinski definition) is 5. The highest BCUT2D eigenvalue weighted by Crippen LogP contribution is 2.25. The van der Waals surface area contributed by atoms with Gasteiger partial charge in [0.1, 0.15) is 6.54 Å². The fourth-order valence-electron chi connectivity index (χ4n) is 3.20. The molecule has 4 aromatic rings. The zero-order chi connectivity index (χ0) is 21.4. The molecule has 0 aliphatic rings. The first kappa shape index (κ1) is 19.5. The van der Waals surface area contributed by atoms with Crippen molar-refractivity contribution >= 4 is 40.2 Å². The fraction of sp³-hybridized carbons (Fsp3) is 0.100. The van der Waals surface area contributed by atoms with Gasteiger partial charge in [0.15, 0.2) is 17.0 Å². The maximum Gasteiger partial charge on any atom is 0.322 e. The van der Waals surface area contributed by atoms with Crippen molar-refractivity contribution in [1.82, 2.24) is 19.5 Å². The topological polar surface area (TPSA) is 126 Å². The molecular weight excluding hydrogens is 412 g/mol. The molecule has 0 fully saturated rings. The van der Waals surface area contributed by atoms with Gasteiger partial charge in [-0.1, -0.05) is 35.9 Å². The van der Waals surface area contributed by atoms with Crippen molar-refractivity contribution in [3.8, 4) is 5.75 Å². The molecule has 0 saturated heterocycles. The van der Waals surface area contributed by atoms with Crippen molar-refractivity contribution in [3.63, 3.8) is 0 Å². The molecule has 3 N–H and O–H groups in total. The molecule has 10 heteroatoms. The van der Waals surface area contributed by atoms with E-state index < -0.39 is 35.3 Å². The van der Waals surface area contributed by atoms with E-state index in [4.69, 9.17) is 16.7 Å². The predicted molar refractivity (Wildman–Crippen MR) is 109 cm³/mol. The smallest absolute Gasteiger partial charge is 0.322 e. The van der Waals surface area contributed by atoms with Gasteiger partial charge >= 0.3 is 5.97 Å². The number of hydrogen-bond donors (Lipinski definition) is 3. The molecule has 0 bridgehead atoms. The van der Waals surface area contributed by atoms with Gasteiger partial charge in [-0.25, -0.2) is 14.2 Å². The van der Waals surface area contributed by atoms with Gasteiger partial charge in [0.05, 0.1) is 17.6 Å². The number of halogens is 1. The summed E-state index contributed by atoms with van der Waals surface area (Å²) < 4.78 is 2.71. The molecule has 4 rings (SSSR count). The van der Waals surface area contributed by atoms with Crippen LogP contribution < -0.4 is 10.9 Å². The molecule has 0 unspecified atom stereocenters. The Hall–Kier alpha value is -3.85. The highest BCUT2D eigenvalue weighted by Gasteiger charge is 2.25. The summed E-state index contributed by atoms with van der Waals surface area (Å²) in [5, 5.41) is 22.1. The number of benzene rings is 2. The number of fused-ring (bicyclic) bond motifs is 3. The van der Waals surface area contributed by atoms with Crippen LogP contribution in [-0.4, -0.2) is 42.8 Å². The second kappa shape index (κ2) is 7.53. The summed E-state index contributed by atoms with van der Waals surface area (Å²) in [4.78, 5) is 40.8. The van der Waals surface area contributed by atoms with E-state index in [2.05, 4.69) is 10.3 Å². The molecule has 1 amide bonds. The summed E-state index contributed by atoms with van der Waals surface area (Å²) in [5.41, 5.74) is 0.439. The standard InChI is InChI=1S/C20H15ClN4O5/c21-12-7-5-11(6-8-12)10-24-20(30)16(19(29)22-9-15(26)27)17(28)18-23-13-3-1-2-4-14(13)25(18)24/h1-8,28H,9-10H2,(H,22,29)(H,26,27). The van der Waals surface area contributed by atoms with Gasteiger partial charge in [-0.05, 0) is 29.8 Å². The van der Waals surface area contributed by atoms with Gasteiger partial charge in [-0.3, -0.25) is 14.4 Å². The molecule has 0 atom stereocenters. The monoisotopic (exact) mass is 426 g/mol. The lowest BCUT2D eigenvalue weighted by molar-refractivity contribution is -0.135. The predicted octanol–water partition coefficient (Wildman–Crippen LogP) is 1.87. The number of carbonyl (C=O) groups is 2. The molecule has 9 nitrogen and oxygen atoms in total. The summed E-state index contributed by atoms with van der Waals surface area (Å²) >= 11 is 5.93. The van der Waals surface area contributed by atoms with E-state index in [1.807, 2.05) is 0 Å². The maximum absolute atomic E-state index is 13.2. The van der Waals surface area contributed by atoms with Gasteiger partial charge in [0.25, 0.3) is 11.5 Å². The minimum atomic E-state index is -1.28. The third kappa shape index (κ3) is 3.35. The van der Waals surface area contributed by atoms with Crippen molar-refractivity contribution in [3.05, 3.63) is 75.0 Å². The van der Waals surface area contributed by atoms with E-state index in [9.17, 15) is 19.5 Å². The number of nitrogens with one attached hydrogen (secondary N) is 1. The van der Waals surface area contributed by atoms with Gasteiger partial charge in [-0.15, -0.1) is 0 Å². The molecule has 2 aromatic carbocycles. The summed E-state index contributed by atoms with van der Waals surface area (Å²) in [6.07, 6.45) is 0. The quantitative estimate of drug-likeness (QED) is 0.447. The lowest BCUT2D eigenvalue weighted by Crippen LogP contribution is -2.37. The number of aromatic hydroxyl groups is 1. The number of carbonyl (C=O) groups excluding carboxylic acids is 1. The van der Waals surface area contributed by atoms with E-state index >= 15 is 0 Å². The average Bonchev–Trinajstić information content (AvgIpc) is 3.11. The SMILES string of the molecule is O=C(O)CNC(=O)c1c(O)c2nc3ccccc3n2n(Cc2ccc(Cl)cc2)c1=O. The highest BCUT2D eigenvalue weighted by atomic mass is 35.5. The lowest BCUT2D eigenvalue weighted by Gasteiger charge is -2.14. The van der Waals surface area contributed by atoms with Crippen LogP contribution in [0.3, 0.4) is 0 Å². The number of rotatable bonds is 5. The van der Waals surface area contributed by atoms with Crippen molar-refractivity contribution in [1.29, 1.82) is 0 Å². The van der Waals surface area contributed by atoms with Crippen LogP contribution in [0.25, 0.3) is 16.7 Å². The summed E-state index contributed by atoms with van der Waals surface area (Å²) in [7, 11) is 0. The molecule has 2 heterocycles. The largest absolute Gasteiger partial charge is 0.504 e. The number of aliphatic carboxylic acids is 1. The van der Waals surface area contributed by atoms with E-state index in [0.29, 0.717) is 16.1 Å². The molecule has 0 spiro atoms. The molecule has 2 aromatic heterocycles. The zero-order valence-corrected chi connectivity index (χ0v) is 16.1. The summed E-state index contributed by atoms with van der Waals surface area (Å²) in [6.45, 7) is -0.636. The number of carboxylic acid groups (broad SMARTS) is 1. The first-order valence-corrected chi connectivity index (χ1v) is 9.22. The Balaban J connectivity index is 1.98. The van der Waals surface area contributed by atoms with Gasteiger partial charge in [0.2, 0.25) is 0 Å². The van der Waals surface area contributed by atoms with Crippen LogP contribution in [0.4, 0.5) is 0 Å². The second-order valence-electron chi connectivity index (χ2n) is 6.53. The third-order valence-electron chi connectivity index (χ3n) is 4.55. The van der Waals surface area contributed by atoms with E-state index in [-0.39, 0.29) is 12.2 Å². The van der Waals surface area contributed by atoms with Crippen LogP contribution in [0.1, 0.15) is 15.9 Å². The Morgan fingerprint density at radius 1 is 1.10 bits per heavy atom. The lowest BCUT2D eigenvalue weighted by atomic mass is 10.2. The second-order valence-corrected chi connectivity index (χ2v) is 6.96. The molecule has 0 radical (unpaired) electrons. The van der Waals surface area contributed by atoms with Crippen molar-refractivity contribution in [2.24, 2.45) is 0 Å². The highest BCUT2D eigenvalue weighted by molar-refractivity contribution is 6.30. The van der Waals surface area contributed by atoms with Gasteiger partial charge < -0.3 is 15.5 Å².